The minimum Gasteiger partial charge on any atom is -0.298 e. The Labute approximate surface area is 104 Å². The number of carbonyl (C=O) groups excluding carboxylic acids is 1. The molecule has 2 bridgehead atoms. The summed E-state index contributed by atoms with van der Waals surface area (Å²) < 4.78 is 31.2. The van der Waals surface area contributed by atoms with Crippen LogP contribution < -0.4 is 0 Å². The maximum atomic E-state index is 12.1. The summed E-state index contributed by atoms with van der Waals surface area (Å²) in [5.74, 6) is -0.239. The zero-order valence-corrected chi connectivity index (χ0v) is 11.6. The van der Waals surface area contributed by atoms with Gasteiger partial charge in [0.25, 0.3) is 10.1 Å². The molecule has 4 nitrogen and oxygen atoms in total. The Morgan fingerprint density at radius 2 is 2.06 bits per heavy atom. The number of fused-ring (bicyclic) bond motifs is 2. The quantitative estimate of drug-likeness (QED) is 0.622. The third kappa shape index (κ3) is 1.42. The lowest BCUT2D eigenvalue weighted by Crippen LogP contribution is -2.40. The van der Waals surface area contributed by atoms with Crippen LogP contribution in [0.15, 0.2) is 0 Å². The molecule has 0 saturated heterocycles. The van der Waals surface area contributed by atoms with E-state index < -0.39 is 20.9 Å². The third-order valence-corrected chi connectivity index (χ3v) is 6.68. The molecule has 0 aromatic heterocycles. The Morgan fingerprint density at radius 1 is 1.50 bits per heavy atom. The van der Waals surface area contributed by atoms with Crippen LogP contribution in [-0.4, -0.2) is 29.3 Å². The summed E-state index contributed by atoms with van der Waals surface area (Å²) in [7, 11) is -4.05. The van der Waals surface area contributed by atoms with Crippen molar-refractivity contribution in [2.45, 2.75) is 31.5 Å². The molecule has 0 spiro atoms. The second-order valence-corrected chi connectivity index (χ2v) is 7.83. The number of hydrogen-bond donors (Lipinski definition) is 1. The predicted octanol–water partition coefficient (Wildman–Crippen LogP) is 1.64. The van der Waals surface area contributed by atoms with Gasteiger partial charge in [-0.2, -0.15) is 8.42 Å². The van der Waals surface area contributed by atoms with E-state index in [-0.39, 0.29) is 22.3 Å². The molecule has 0 radical (unpaired) electrons. The number of ketones is 1. The van der Waals surface area contributed by atoms with Crippen LogP contribution in [0.4, 0.5) is 0 Å². The highest BCUT2D eigenvalue weighted by atomic mass is 79.9. The Kier molecular flexibility index (Phi) is 2.58. The van der Waals surface area contributed by atoms with Gasteiger partial charge in [0.05, 0.1) is 10.6 Å². The van der Waals surface area contributed by atoms with Crippen molar-refractivity contribution in [1.29, 1.82) is 0 Å². The monoisotopic (exact) mass is 310 g/mol. The van der Waals surface area contributed by atoms with E-state index in [1.54, 1.807) is 6.92 Å². The van der Waals surface area contributed by atoms with Crippen molar-refractivity contribution >= 4 is 31.8 Å². The van der Waals surface area contributed by atoms with E-state index in [1.807, 2.05) is 6.92 Å². The summed E-state index contributed by atoms with van der Waals surface area (Å²) in [6.07, 6.45) is 1.55. The number of alkyl halides is 1. The molecule has 16 heavy (non-hydrogen) atoms. The van der Waals surface area contributed by atoms with Crippen LogP contribution >= 0.6 is 15.9 Å². The molecule has 92 valence electrons. The van der Waals surface area contributed by atoms with Crippen molar-refractivity contribution < 1.29 is 17.8 Å². The van der Waals surface area contributed by atoms with Gasteiger partial charge in [-0.05, 0) is 18.8 Å². The first-order valence-electron chi connectivity index (χ1n) is 5.25. The van der Waals surface area contributed by atoms with E-state index in [2.05, 4.69) is 15.9 Å². The van der Waals surface area contributed by atoms with Crippen molar-refractivity contribution in [2.24, 2.45) is 16.7 Å². The SMILES string of the molecule is CC12CCC(C(Br)C1=O)C2(C)CS(=O)(=O)O. The number of Topliss-reactive ketones (excluding diaryl/α,β-unsaturated/α-hetero) is 1. The third-order valence-electron chi connectivity index (χ3n) is 4.66. The summed E-state index contributed by atoms with van der Waals surface area (Å²) >= 11 is 3.35. The Bertz CT molecular complexity index is 446. The average Bonchev–Trinajstić information content (AvgIpc) is 2.40. The average molecular weight is 311 g/mol. The van der Waals surface area contributed by atoms with Crippen LogP contribution in [0.1, 0.15) is 26.7 Å². The molecule has 6 heteroatoms. The van der Waals surface area contributed by atoms with E-state index in [0.717, 1.165) is 6.42 Å². The first kappa shape index (κ1) is 12.5. The topological polar surface area (TPSA) is 71.4 Å². The lowest BCUT2D eigenvalue weighted by Gasteiger charge is -2.35. The molecule has 0 aliphatic heterocycles. The van der Waals surface area contributed by atoms with Crippen molar-refractivity contribution in [1.82, 2.24) is 0 Å². The van der Waals surface area contributed by atoms with Gasteiger partial charge in [0.15, 0.2) is 5.78 Å². The summed E-state index contributed by atoms with van der Waals surface area (Å²) in [5, 5.41) is 0. The fraction of sp³-hybridized carbons (Fsp3) is 0.900. The standard InChI is InChI=1S/C10H15BrO4S/c1-9-4-3-6(7(11)8(9)12)10(9,2)5-16(13,14)15/h6-7H,3-5H2,1-2H3,(H,13,14,15). The molecule has 0 aromatic carbocycles. The van der Waals surface area contributed by atoms with Gasteiger partial charge in [0.2, 0.25) is 0 Å². The molecular formula is C10H15BrO4S. The molecular weight excluding hydrogens is 296 g/mol. The van der Waals surface area contributed by atoms with Crippen LogP contribution in [0.25, 0.3) is 0 Å². The van der Waals surface area contributed by atoms with Crippen LogP contribution in [-0.2, 0) is 14.9 Å². The van der Waals surface area contributed by atoms with Gasteiger partial charge in [0.1, 0.15) is 0 Å². The normalized spacial score (nSPS) is 47.6. The Morgan fingerprint density at radius 3 is 2.44 bits per heavy atom. The molecule has 4 unspecified atom stereocenters. The van der Waals surface area contributed by atoms with Crippen LogP contribution in [0.5, 0.6) is 0 Å². The summed E-state index contributed by atoms with van der Waals surface area (Å²) in [5.41, 5.74) is -1.27. The molecule has 0 amide bonds. The molecule has 2 fully saturated rings. The predicted molar refractivity (Wildman–Crippen MR) is 63.1 cm³/mol. The smallest absolute Gasteiger partial charge is 0.265 e. The number of carbonyl (C=O) groups is 1. The van der Waals surface area contributed by atoms with Gasteiger partial charge in [-0.15, -0.1) is 0 Å². The van der Waals surface area contributed by atoms with E-state index in [4.69, 9.17) is 4.55 Å². The van der Waals surface area contributed by atoms with E-state index >= 15 is 0 Å². The summed E-state index contributed by atoms with van der Waals surface area (Å²) in [6, 6.07) is 0. The highest BCUT2D eigenvalue weighted by Gasteiger charge is 2.68. The van der Waals surface area contributed by atoms with E-state index in [9.17, 15) is 13.2 Å². The van der Waals surface area contributed by atoms with Gasteiger partial charge in [-0.3, -0.25) is 9.35 Å². The lowest BCUT2D eigenvalue weighted by atomic mass is 9.70. The molecule has 0 aromatic rings. The molecule has 1 N–H and O–H groups in total. The second kappa shape index (κ2) is 3.29. The number of rotatable bonds is 2. The second-order valence-electron chi connectivity index (χ2n) is 5.39. The zero-order chi connectivity index (χ0) is 12.4. The molecule has 4 atom stereocenters. The number of halogens is 1. The van der Waals surface area contributed by atoms with Crippen LogP contribution in [0, 0.1) is 16.7 Å². The van der Waals surface area contributed by atoms with Crippen molar-refractivity contribution in [3.05, 3.63) is 0 Å². The fourth-order valence-electron chi connectivity index (χ4n) is 3.46. The highest BCUT2D eigenvalue weighted by Crippen LogP contribution is 2.65. The minimum absolute atomic E-state index is 0.00641. The van der Waals surface area contributed by atoms with Gasteiger partial charge >= 0.3 is 0 Å². The first-order chi connectivity index (χ1) is 7.12. The molecule has 0 heterocycles. The van der Waals surface area contributed by atoms with Crippen molar-refractivity contribution in [3.63, 3.8) is 0 Å². The van der Waals surface area contributed by atoms with Gasteiger partial charge < -0.3 is 0 Å². The Balaban J connectivity index is 2.47. The maximum absolute atomic E-state index is 12.1. The molecule has 2 aliphatic carbocycles. The van der Waals surface area contributed by atoms with E-state index in [1.165, 1.54) is 0 Å². The summed E-state index contributed by atoms with van der Waals surface area (Å²) in [4.78, 5) is 11.8. The lowest BCUT2D eigenvalue weighted by molar-refractivity contribution is -0.127. The Hall–Kier alpha value is 0.0600. The first-order valence-corrected chi connectivity index (χ1v) is 7.78. The molecule has 2 rings (SSSR count). The molecule has 2 aliphatic rings. The maximum Gasteiger partial charge on any atom is 0.265 e. The summed E-state index contributed by atoms with van der Waals surface area (Å²) in [6.45, 7) is 3.62. The van der Waals surface area contributed by atoms with Gasteiger partial charge in [0, 0.05) is 10.8 Å². The fourth-order valence-corrected chi connectivity index (χ4v) is 6.11. The van der Waals surface area contributed by atoms with Crippen LogP contribution in [0.2, 0.25) is 0 Å². The molecule has 2 saturated carbocycles. The minimum atomic E-state index is -4.05. The van der Waals surface area contributed by atoms with Crippen molar-refractivity contribution in [3.8, 4) is 0 Å². The van der Waals surface area contributed by atoms with Gasteiger partial charge in [-0.25, -0.2) is 0 Å². The largest absolute Gasteiger partial charge is 0.298 e. The zero-order valence-electron chi connectivity index (χ0n) is 9.23. The number of hydrogen-bond acceptors (Lipinski definition) is 3. The van der Waals surface area contributed by atoms with E-state index in [0.29, 0.717) is 6.42 Å². The highest BCUT2D eigenvalue weighted by molar-refractivity contribution is 9.10. The van der Waals surface area contributed by atoms with Crippen molar-refractivity contribution in [2.75, 3.05) is 5.75 Å². The van der Waals surface area contributed by atoms with Crippen LogP contribution in [0.3, 0.4) is 0 Å². The van der Waals surface area contributed by atoms with Gasteiger partial charge in [-0.1, -0.05) is 29.8 Å².